The minimum Gasteiger partial charge on any atom is -0.351 e. The average Bonchev–Trinajstić information content (AvgIpc) is 2.31. The first-order chi connectivity index (χ1) is 8.16. The Hall–Kier alpha value is -1.00. The second-order valence-electron chi connectivity index (χ2n) is 3.97. The number of nitrogens with zero attached hydrogens (tertiary/aromatic N) is 1. The molecule has 1 nitrogen and oxygen atoms in total. The molecule has 0 unspecified atom stereocenters. The zero-order valence-electron chi connectivity index (χ0n) is 10.9. The summed E-state index contributed by atoms with van der Waals surface area (Å²) in [6.07, 6.45) is 3.04. The smallest absolute Gasteiger partial charge is 0.351 e. The van der Waals surface area contributed by atoms with Crippen LogP contribution in [0.2, 0.25) is 5.02 Å². The third-order valence-corrected chi connectivity index (χ3v) is 2.83. The summed E-state index contributed by atoms with van der Waals surface area (Å²) in [7, 11) is 0. The number of aryl methyl sites for hydroxylation is 2. The van der Waals surface area contributed by atoms with Crippen molar-refractivity contribution in [2.45, 2.75) is 13.8 Å². The molecular formula is C15H13ClLiN. The molecule has 0 aromatic heterocycles. The number of rotatable bonds is 2. The molecule has 3 heteroatoms. The van der Waals surface area contributed by atoms with E-state index in [0.717, 1.165) is 27.4 Å². The molecule has 0 heterocycles. The topological polar surface area (TPSA) is 12.4 Å². The van der Waals surface area contributed by atoms with Crippen molar-refractivity contribution in [2.75, 3.05) is 0 Å². The van der Waals surface area contributed by atoms with Gasteiger partial charge >= 0.3 is 18.9 Å². The Labute approximate surface area is 125 Å². The van der Waals surface area contributed by atoms with Gasteiger partial charge in [-0.15, -0.1) is 17.7 Å². The van der Waals surface area contributed by atoms with E-state index in [9.17, 15) is 0 Å². The minimum atomic E-state index is 0. The van der Waals surface area contributed by atoms with Crippen molar-refractivity contribution in [1.82, 2.24) is 0 Å². The Balaban J connectivity index is 0.00000162. The van der Waals surface area contributed by atoms with Gasteiger partial charge in [-0.3, -0.25) is 0 Å². The number of hydrogen-bond donors (Lipinski definition) is 0. The number of hydrogen-bond acceptors (Lipinski definition) is 1. The molecule has 86 valence electrons. The van der Waals surface area contributed by atoms with Gasteiger partial charge in [0, 0.05) is 5.02 Å². The number of halogens is 1. The van der Waals surface area contributed by atoms with Crippen molar-refractivity contribution in [3.8, 4) is 0 Å². The maximum absolute atomic E-state index is 5.82. The Kier molecular flexibility index (Phi) is 5.69. The molecule has 0 aliphatic rings. The van der Waals surface area contributed by atoms with Crippen molar-refractivity contribution in [3.63, 3.8) is 0 Å². The van der Waals surface area contributed by atoms with E-state index in [-0.39, 0.29) is 18.9 Å². The van der Waals surface area contributed by atoms with Crippen LogP contribution in [0.5, 0.6) is 0 Å². The van der Waals surface area contributed by atoms with Crippen LogP contribution < -0.4 is 18.9 Å². The fourth-order valence-electron chi connectivity index (χ4n) is 1.63. The number of benzene rings is 2. The van der Waals surface area contributed by atoms with Gasteiger partial charge in [0.2, 0.25) is 0 Å². The third kappa shape index (κ3) is 3.75. The van der Waals surface area contributed by atoms with Gasteiger partial charge < -0.3 is 4.99 Å². The minimum absolute atomic E-state index is 0. The summed E-state index contributed by atoms with van der Waals surface area (Å²) in [5.74, 6) is 0. The molecule has 2 aromatic rings. The Bertz CT molecular complexity index is 527. The van der Waals surface area contributed by atoms with E-state index in [1.165, 1.54) is 0 Å². The molecule has 0 N–H and O–H groups in total. The largest absolute Gasteiger partial charge is 1.00 e. The van der Waals surface area contributed by atoms with Crippen LogP contribution >= 0.6 is 11.6 Å². The van der Waals surface area contributed by atoms with E-state index in [4.69, 9.17) is 11.6 Å². The fraction of sp³-hybridized carbons (Fsp3) is 0.133. The van der Waals surface area contributed by atoms with E-state index < -0.39 is 0 Å². The van der Waals surface area contributed by atoms with Gasteiger partial charge in [0.05, 0.1) is 0 Å². The maximum Gasteiger partial charge on any atom is 1.00 e. The molecule has 0 aliphatic carbocycles. The SMILES string of the molecule is Cc1cccc(C)c1N=[C-]c1ccc(Cl)cc1.[Li+]. The molecule has 2 aromatic carbocycles. The van der Waals surface area contributed by atoms with Crippen LogP contribution in [0.3, 0.4) is 0 Å². The van der Waals surface area contributed by atoms with Crippen molar-refractivity contribution in [3.05, 3.63) is 64.2 Å². The van der Waals surface area contributed by atoms with Crippen molar-refractivity contribution >= 4 is 23.5 Å². The van der Waals surface area contributed by atoms with E-state index in [2.05, 4.69) is 37.2 Å². The predicted octanol–water partition coefficient (Wildman–Crippen LogP) is 1.59. The van der Waals surface area contributed by atoms with Crippen LogP contribution in [0.4, 0.5) is 5.69 Å². The van der Waals surface area contributed by atoms with Crippen LogP contribution in [0, 0.1) is 13.8 Å². The van der Waals surface area contributed by atoms with Gasteiger partial charge in [-0.05, 0) is 25.7 Å². The molecule has 18 heavy (non-hydrogen) atoms. The molecule has 0 atom stereocenters. The van der Waals surface area contributed by atoms with Crippen molar-refractivity contribution in [2.24, 2.45) is 4.99 Å². The predicted molar refractivity (Wildman–Crippen MR) is 73.6 cm³/mol. The molecule has 0 fully saturated rings. The standard InChI is InChI=1S/C15H13ClN.Li/c1-11-4-3-5-12(2)15(11)17-10-13-6-8-14(16)9-7-13;/h3-9H,1-2H3;/q-1;+1. The van der Waals surface area contributed by atoms with E-state index >= 15 is 0 Å². The van der Waals surface area contributed by atoms with Crippen LogP contribution in [0.25, 0.3) is 0 Å². The van der Waals surface area contributed by atoms with Gasteiger partial charge in [-0.2, -0.15) is 0 Å². The molecule has 0 saturated heterocycles. The molecule has 0 radical (unpaired) electrons. The van der Waals surface area contributed by atoms with Gasteiger partial charge in [0.15, 0.2) is 0 Å². The zero-order chi connectivity index (χ0) is 12.3. The van der Waals surface area contributed by atoms with Crippen molar-refractivity contribution in [1.29, 1.82) is 0 Å². The molecule has 0 spiro atoms. The Morgan fingerprint density at radius 1 is 0.944 bits per heavy atom. The first kappa shape index (κ1) is 15.1. The van der Waals surface area contributed by atoms with Gasteiger partial charge in [-0.25, -0.2) is 0 Å². The average molecular weight is 250 g/mol. The monoisotopic (exact) mass is 249 g/mol. The zero-order valence-corrected chi connectivity index (χ0v) is 11.6. The molecule has 0 bridgehead atoms. The summed E-state index contributed by atoms with van der Waals surface area (Å²) < 4.78 is 0. The summed E-state index contributed by atoms with van der Waals surface area (Å²) in [5.41, 5.74) is 4.23. The van der Waals surface area contributed by atoms with Crippen LogP contribution in [0.15, 0.2) is 47.5 Å². The van der Waals surface area contributed by atoms with E-state index in [1.807, 2.05) is 30.3 Å². The molecule has 0 saturated carbocycles. The van der Waals surface area contributed by atoms with Crippen molar-refractivity contribution < 1.29 is 18.9 Å². The summed E-state index contributed by atoms with van der Waals surface area (Å²) in [6, 6.07) is 13.6. The number of aliphatic imine (C=N–C) groups is 1. The second-order valence-corrected chi connectivity index (χ2v) is 4.41. The Morgan fingerprint density at radius 3 is 2.06 bits per heavy atom. The van der Waals surface area contributed by atoms with Crippen LogP contribution in [-0.2, 0) is 0 Å². The van der Waals surface area contributed by atoms with Crippen LogP contribution in [-0.4, -0.2) is 6.21 Å². The second kappa shape index (κ2) is 6.80. The van der Waals surface area contributed by atoms with Crippen LogP contribution in [0.1, 0.15) is 16.7 Å². The number of para-hydroxylation sites is 1. The first-order valence-electron chi connectivity index (χ1n) is 5.45. The summed E-state index contributed by atoms with van der Waals surface area (Å²) >= 11 is 5.82. The molecular weight excluding hydrogens is 237 g/mol. The molecule has 0 aliphatic heterocycles. The fourth-order valence-corrected chi connectivity index (χ4v) is 1.75. The molecule has 0 amide bonds. The van der Waals surface area contributed by atoms with Gasteiger partial charge in [-0.1, -0.05) is 53.1 Å². The summed E-state index contributed by atoms with van der Waals surface area (Å²) in [5, 5.41) is 0.725. The normalized spacial score (nSPS) is 10.4. The van der Waals surface area contributed by atoms with Gasteiger partial charge in [0.25, 0.3) is 0 Å². The maximum atomic E-state index is 5.82. The molecule has 2 rings (SSSR count). The first-order valence-corrected chi connectivity index (χ1v) is 5.83. The third-order valence-electron chi connectivity index (χ3n) is 2.58. The van der Waals surface area contributed by atoms with E-state index in [0.29, 0.717) is 0 Å². The summed E-state index contributed by atoms with van der Waals surface area (Å²) in [4.78, 5) is 4.41. The van der Waals surface area contributed by atoms with Gasteiger partial charge in [0.1, 0.15) is 0 Å². The van der Waals surface area contributed by atoms with E-state index in [1.54, 1.807) is 0 Å². The Morgan fingerprint density at radius 2 is 1.50 bits per heavy atom. The summed E-state index contributed by atoms with van der Waals surface area (Å²) in [6.45, 7) is 4.10. The quantitative estimate of drug-likeness (QED) is 0.435.